The minimum absolute atomic E-state index is 0.196. The van der Waals surface area contributed by atoms with Crippen LogP contribution in [0.3, 0.4) is 0 Å². The summed E-state index contributed by atoms with van der Waals surface area (Å²) in [6, 6.07) is 6.82. The number of rotatable bonds is 5. The molecular formula is C17H17N3O3S. The van der Waals surface area contributed by atoms with Gasteiger partial charge in [-0.3, -0.25) is 14.0 Å². The molecule has 0 spiro atoms. The van der Waals surface area contributed by atoms with Crippen LogP contribution in [0.25, 0.3) is 4.96 Å². The smallest absolute Gasteiger partial charge is 0.282 e. The van der Waals surface area contributed by atoms with E-state index >= 15 is 0 Å². The Bertz CT molecular complexity index is 928. The Balaban J connectivity index is 1.83. The van der Waals surface area contributed by atoms with Crippen LogP contribution in [-0.2, 0) is 0 Å². The highest BCUT2D eigenvalue weighted by Gasteiger charge is 2.14. The van der Waals surface area contributed by atoms with E-state index in [0.717, 1.165) is 6.42 Å². The summed E-state index contributed by atoms with van der Waals surface area (Å²) < 4.78 is 6.92. The van der Waals surface area contributed by atoms with E-state index in [1.807, 2.05) is 6.92 Å². The van der Waals surface area contributed by atoms with Gasteiger partial charge in [-0.25, -0.2) is 4.98 Å². The molecule has 1 amide bonds. The van der Waals surface area contributed by atoms with Gasteiger partial charge < -0.3 is 10.1 Å². The van der Waals surface area contributed by atoms with E-state index in [0.29, 0.717) is 28.6 Å². The van der Waals surface area contributed by atoms with E-state index in [9.17, 15) is 9.59 Å². The highest BCUT2D eigenvalue weighted by Crippen LogP contribution is 2.16. The zero-order valence-corrected chi connectivity index (χ0v) is 14.2. The van der Waals surface area contributed by atoms with Crippen molar-refractivity contribution in [2.75, 3.05) is 11.9 Å². The van der Waals surface area contributed by atoms with E-state index in [-0.39, 0.29) is 17.2 Å². The fraction of sp³-hybridized carbons (Fsp3) is 0.235. The normalized spacial score (nSPS) is 10.8. The molecule has 0 saturated carbocycles. The number of thiazole rings is 1. The first-order chi connectivity index (χ1) is 11.6. The van der Waals surface area contributed by atoms with Crippen molar-refractivity contribution in [1.29, 1.82) is 0 Å². The summed E-state index contributed by atoms with van der Waals surface area (Å²) in [7, 11) is 0. The molecule has 0 aliphatic heterocycles. The SMILES string of the molecule is CCCOc1ccc(C(=O)Nc2c(C)nc3sccn3c2=O)cc1. The molecule has 0 aliphatic rings. The minimum atomic E-state index is -0.353. The Kier molecular flexibility index (Phi) is 4.61. The molecule has 124 valence electrons. The number of amides is 1. The standard InChI is InChI=1S/C17H17N3O3S/c1-3-9-23-13-6-4-12(5-7-13)15(21)19-14-11(2)18-17-20(16(14)22)8-10-24-17/h4-8,10H,3,9H2,1-2H3,(H,19,21). The highest BCUT2D eigenvalue weighted by atomic mass is 32.1. The minimum Gasteiger partial charge on any atom is -0.494 e. The molecule has 0 radical (unpaired) electrons. The fourth-order valence-corrected chi connectivity index (χ4v) is 2.99. The van der Waals surface area contributed by atoms with Gasteiger partial charge in [-0.2, -0.15) is 0 Å². The van der Waals surface area contributed by atoms with Crippen LogP contribution in [-0.4, -0.2) is 21.9 Å². The number of fused-ring (bicyclic) bond motifs is 1. The van der Waals surface area contributed by atoms with Gasteiger partial charge in [-0.05, 0) is 37.6 Å². The monoisotopic (exact) mass is 343 g/mol. The maximum atomic E-state index is 12.4. The molecule has 1 N–H and O–H groups in total. The number of aryl methyl sites for hydroxylation is 1. The van der Waals surface area contributed by atoms with Crippen LogP contribution >= 0.6 is 11.3 Å². The number of anilines is 1. The molecule has 0 fully saturated rings. The lowest BCUT2D eigenvalue weighted by Crippen LogP contribution is -2.24. The van der Waals surface area contributed by atoms with Crippen LogP contribution in [0.1, 0.15) is 29.4 Å². The zero-order chi connectivity index (χ0) is 17.1. The molecule has 0 saturated heterocycles. The number of aromatic nitrogens is 2. The van der Waals surface area contributed by atoms with Crippen molar-refractivity contribution < 1.29 is 9.53 Å². The maximum absolute atomic E-state index is 12.4. The second kappa shape index (κ2) is 6.84. The quantitative estimate of drug-likeness (QED) is 0.772. The molecule has 1 aromatic carbocycles. The Morgan fingerprint density at radius 2 is 2.08 bits per heavy atom. The number of benzene rings is 1. The second-order valence-corrected chi connectivity index (χ2v) is 6.13. The van der Waals surface area contributed by atoms with Crippen molar-refractivity contribution in [3.05, 3.63) is 57.5 Å². The van der Waals surface area contributed by atoms with E-state index in [2.05, 4.69) is 10.3 Å². The third-order valence-electron chi connectivity index (χ3n) is 3.48. The van der Waals surface area contributed by atoms with Gasteiger partial charge in [-0.15, -0.1) is 11.3 Å². The van der Waals surface area contributed by atoms with Crippen LogP contribution in [0.5, 0.6) is 5.75 Å². The third-order valence-corrected chi connectivity index (χ3v) is 4.23. The van der Waals surface area contributed by atoms with Gasteiger partial charge in [0.15, 0.2) is 4.96 Å². The Morgan fingerprint density at radius 1 is 1.33 bits per heavy atom. The molecular weight excluding hydrogens is 326 g/mol. The topological polar surface area (TPSA) is 72.7 Å². The van der Waals surface area contributed by atoms with Crippen molar-refractivity contribution in [1.82, 2.24) is 9.38 Å². The molecule has 7 heteroatoms. The summed E-state index contributed by atoms with van der Waals surface area (Å²) in [5, 5.41) is 4.45. The molecule has 0 atom stereocenters. The molecule has 6 nitrogen and oxygen atoms in total. The molecule has 3 aromatic rings. The summed E-state index contributed by atoms with van der Waals surface area (Å²) in [6.45, 7) is 4.37. The molecule has 0 aliphatic carbocycles. The second-order valence-electron chi connectivity index (χ2n) is 5.26. The average Bonchev–Trinajstić information content (AvgIpc) is 3.05. The highest BCUT2D eigenvalue weighted by molar-refractivity contribution is 7.15. The summed E-state index contributed by atoms with van der Waals surface area (Å²) in [5.74, 6) is 0.361. The predicted octanol–water partition coefficient (Wildman–Crippen LogP) is 3.11. The Hall–Kier alpha value is -2.67. The predicted molar refractivity (Wildman–Crippen MR) is 94.3 cm³/mol. The number of nitrogens with one attached hydrogen (secondary N) is 1. The Labute approximate surface area is 142 Å². The number of carbonyl (C=O) groups excluding carboxylic acids is 1. The van der Waals surface area contributed by atoms with Gasteiger partial charge in [0.05, 0.1) is 12.3 Å². The molecule has 24 heavy (non-hydrogen) atoms. The first-order valence-corrected chi connectivity index (χ1v) is 8.48. The largest absolute Gasteiger partial charge is 0.494 e. The van der Waals surface area contributed by atoms with Gasteiger partial charge >= 0.3 is 0 Å². The lowest BCUT2D eigenvalue weighted by atomic mass is 10.2. The van der Waals surface area contributed by atoms with Crippen LogP contribution < -0.4 is 15.6 Å². The number of hydrogen-bond acceptors (Lipinski definition) is 5. The molecule has 2 aromatic heterocycles. The summed E-state index contributed by atoms with van der Waals surface area (Å²) in [5.41, 5.74) is 0.865. The lowest BCUT2D eigenvalue weighted by molar-refractivity contribution is 0.102. The van der Waals surface area contributed by atoms with Gasteiger partial charge in [0.25, 0.3) is 11.5 Å². The van der Waals surface area contributed by atoms with Crippen molar-refractivity contribution in [3.8, 4) is 5.75 Å². The first-order valence-electron chi connectivity index (χ1n) is 7.61. The van der Waals surface area contributed by atoms with E-state index < -0.39 is 0 Å². The number of hydrogen-bond donors (Lipinski definition) is 1. The summed E-state index contributed by atoms with van der Waals surface area (Å²) in [6.07, 6.45) is 2.56. The van der Waals surface area contributed by atoms with Gasteiger partial charge in [0.2, 0.25) is 0 Å². The Morgan fingerprint density at radius 3 is 2.79 bits per heavy atom. The van der Waals surface area contributed by atoms with E-state index in [4.69, 9.17) is 4.74 Å². The molecule has 0 unspecified atom stereocenters. The zero-order valence-electron chi connectivity index (χ0n) is 13.4. The number of carbonyl (C=O) groups is 1. The molecule has 3 rings (SSSR count). The van der Waals surface area contributed by atoms with Crippen LogP contribution in [0.2, 0.25) is 0 Å². The summed E-state index contributed by atoms with van der Waals surface area (Å²) in [4.78, 5) is 29.8. The van der Waals surface area contributed by atoms with Crippen molar-refractivity contribution in [2.45, 2.75) is 20.3 Å². The van der Waals surface area contributed by atoms with Crippen molar-refractivity contribution in [3.63, 3.8) is 0 Å². The van der Waals surface area contributed by atoms with Crippen molar-refractivity contribution in [2.24, 2.45) is 0 Å². The number of nitrogens with zero attached hydrogens (tertiary/aromatic N) is 2. The van der Waals surface area contributed by atoms with Gasteiger partial charge in [0, 0.05) is 17.1 Å². The van der Waals surface area contributed by atoms with E-state index in [1.165, 1.54) is 15.7 Å². The van der Waals surface area contributed by atoms with Crippen LogP contribution in [0, 0.1) is 6.92 Å². The number of ether oxygens (including phenoxy) is 1. The van der Waals surface area contributed by atoms with Crippen LogP contribution in [0.15, 0.2) is 40.6 Å². The first kappa shape index (κ1) is 16.2. The average molecular weight is 343 g/mol. The van der Waals surface area contributed by atoms with Gasteiger partial charge in [-0.1, -0.05) is 6.92 Å². The van der Waals surface area contributed by atoms with Crippen molar-refractivity contribution >= 4 is 27.9 Å². The van der Waals surface area contributed by atoms with E-state index in [1.54, 1.807) is 42.8 Å². The lowest BCUT2D eigenvalue weighted by Gasteiger charge is -2.09. The summed E-state index contributed by atoms with van der Waals surface area (Å²) >= 11 is 1.37. The maximum Gasteiger partial charge on any atom is 0.282 e. The van der Waals surface area contributed by atoms with Gasteiger partial charge in [0.1, 0.15) is 11.4 Å². The molecule has 2 heterocycles. The molecule has 0 bridgehead atoms. The third kappa shape index (κ3) is 3.16. The van der Waals surface area contributed by atoms with Crippen LogP contribution in [0.4, 0.5) is 5.69 Å². The fourth-order valence-electron chi connectivity index (χ4n) is 2.23.